The van der Waals surface area contributed by atoms with Crippen LogP contribution in [0.1, 0.15) is 31.7 Å². The lowest BCUT2D eigenvalue weighted by Crippen LogP contribution is -2.33. The highest BCUT2D eigenvalue weighted by Crippen LogP contribution is 2.32. The van der Waals surface area contributed by atoms with Crippen LogP contribution in [0, 0.1) is 5.92 Å². The Balaban J connectivity index is 2.18. The van der Waals surface area contributed by atoms with E-state index in [4.69, 9.17) is 0 Å². The zero-order valence-corrected chi connectivity index (χ0v) is 13.4. The van der Waals surface area contributed by atoms with E-state index in [1.54, 1.807) is 0 Å². The molecule has 94 valence electrons. The van der Waals surface area contributed by atoms with Crippen molar-refractivity contribution in [1.82, 2.24) is 0 Å². The van der Waals surface area contributed by atoms with Gasteiger partial charge in [-0.15, -0.1) is 0 Å². The number of halogens is 2. The molecule has 0 saturated heterocycles. The smallest absolute Gasteiger partial charge is 0.0418 e. The van der Waals surface area contributed by atoms with Crippen molar-refractivity contribution in [1.29, 1.82) is 0 Å². The maximum atomic E-state index is 3.59. The Morgan fingerprint density at radius 2 is 2.12 bits per heavy atom. The molecule has 0 aliphatic heterocycles. The van der Waals surface area contributed by atoms with Gasteiger partial charge in [-0.2, -0.15) is 0 Å². The highest BCUT2D eigenvalue weighted by molar-refractivity contribution is 9.10. The van der Waals surface area contributed by atoms with Gasteiger partial charge in [0.1, 0.15) is 0 Å². The third-order valence-electron chi connectivity index (χ3n) is 3.62. The van der Waals surface area contributed by atoms with E-state index in [-0.39, 0.29) is 0 Å². The van der Waals surface area contributed by atoms with Crippen LogP contribution >= 0.6 is 31.9 Å². The number of nitrogens with zero attached hydrogens (tertiary/aromatic N) is 1. The summed E-state index contributed by atoms with van der Waals surface area (Å²) in [6, 6.07) is 6.58. The summed E-state index contributed by atoms with van der Waals surface area (Å²) in [4.78, 5) is 2.52. The van der Waals surface area contributed by atoms with E-state index in [0.717, 1.165) is 17.8 Å². The molecule has 3 heteroatoms. The number of anilines is 1. The van der Waals surface area contributed by atoms with E-state index in [1.165, 1.54) is 41.5 Å². The Kier molecular flexibility index (Phi) is 4.92. The highest BCUT2D eigenvalue weighted by Gasteiger charge is 2.21. The predicted octanol–water partition coefficient (Wildman–Crippen LogP) is 4.97. The first kappa shape index (κ1) is 13.4. The normalized spacial score (nSPS) is 15.7. The number of alkyl halides is 1. The molecule has 1 aromatic rings. The lowest BCUT2D eigenvalue weighted by atomic mass is 9.85. The van der Waals surface area contributed by atoms with Gasteiger partial charge in [0.2, 0.25) is 0 Å². The van der Waals surface area contributed by atoms with E-state index < -0.39 is 0 Å². The van der Waals surface area contributed by atoms with Crippen LogP contribution in [0.15, 0.2) is 22.7 Å². The molecular formula is C14H19Br2N. The zero-order valence-electron chi connectivity index (χ0n) is 10.3. The number of rotatable bonds is 5. The quantitative estimate of drug-likeness (QED) is 0.670. The maximum Gasteiger partial charge on any atom is 0.0418 e. The van der Waals surface area contributed by atoms with E-state index in [9.17, 15) is 0 Å². The van der Waals surface area contributed by atoms with E-state index in [0.29, 0.717) is 0 Å². The zero-order chi connectivity index (χ0) is 12.3. The molecule has 17 heavy (non-hydrogen) atoms. The van der Waals surface area contributed by atoms with Crippen LogP contribution in [0.3, 0.4) is 0 Å². The molecule has 0 N–H and O–H groups in total. The average Bonchev–Trinajstić information content (AvgIpc) is 2.28. The first-order valence-electron chi connectivity index (χ1n) is 6.34. The molecule has 0 unspecified atom stereocenters. The van der Waals surface area contributed by atoms with Crippen LogP contribution in [0.25, 0.3) is 0 Å². The Labute approximate surface area is 121 Å². The molecule has 1 aliphatic rings. The van der Waals surface area contributed by atoms with Gasteiger partial charge in [-0.3, -0.25) is 0 Å². The van der Waals surface area contributed by atoms with Crippen molar-refractivity contribution >= 4 is 37.5 Å². The Bertz CT molecular complexity index is 374. The van der Waals surface area contributed by atoms with E-state index in [2.05, 4.69) is 61.9 Å². The SMILES string of the molecule is CCN(CC1CCC1)c1cc(Br)ccc1CBr. The van der Waals surface area contributed by atoms with Gasteiger partial charge in [-0.25, -0.2) is 0 Å². The molecule has 0 radical (unpaired) electrons. The minimum Gasteiger partial charge on any atom is -0.371 e. The topological polar surface area (TPSA) is 3.24 Å². The monoisotopic (exact) mass is 359 g/mol. The summed E-state index contributed by atoms with van der Waals surface area (Å²) in [5, 5.41) is 0.927. The van der Waals surface area contributed by atoms with Crippen LogP contribution in [0.4, 0.5) is 5.69 Å². The third-order valence-corrected chi connectivity index (χ3v) is 4.71. The standard InChI is InChI=1S/C14H19Br2N/c1-2-17(10-11-4-3-5-11)14-8-13(16)7-6-12(14)9-15/h6-8,11H,2-5,9-10H2,1H3. The number of hydrogen-bond acceptors (Lipinski definition) is 1. The minimum absolute atomic E-state index is 0.914. The van der Waals surface area contributed by atoms with Crippen molar-refractivity contribution in [3.8, 4) is 0 Å². The summed E-state index contributed by atoms with van der Waals surface area (Å²) in [6.45, 7) is 4.55. The minimum atomic E-state index is 0.914. The molecular weight excluding hydrogens is 342 g/mol. The summed E-state index contributed by atoms with van der Waals surface area (Å²) in [5.74, 6) is 0.914. The maximum absolute atomic E-state index is 3.59. The molecule has 1 fully saturated rings. The van der Waals surface area contributed by atoms with Crippen LogP contribution in [0.2, 0.25) is 0 Å². The first-order valence-corrected chi connectivity index (χ1v) is 8.25. The Morgan fingerprint density at radius 1 is 1.35 bits per heavy atom. The number of hydrogen-bond donors (Lipinski definition) is 0. The van der Waals surface area contributed by atoms with Gasteiger partial charge in [0, 0.05) is 28.6 Å². The van der Waals surface area contributed by atoms with Crippen molar-refractivity contribution in [2.75, 3.05) is 18.0 Å². The molecule has 1 saturated carbocycles. The molecule has 1 aliphatic carbocycles. The van der Waals surface area contributed by atoms with Gasteiger partial charge < -0.3 is 4.90 Å². The summed E-state index contributed by atoms with van der Waals surface area (Å²) in [5.41, 5.74) is 2.76. The Morgan fingerprint density at radius 3 is 2.65 bits per heavy atom. The summed E-state index contributed by atoms with van der Waals surface area (Å²) in [6.07, 6.45) is 4.24. The molecule has 0 bridgehead atoms. The summed E-state index contributed by atoms with van der Waals surface area (Å²) in [7, 11) is 0. The van der Waals surface area contributed by atoms with Gasteiger partial charge in [-0.1, -0.05) is 44.3 Å². The molecule has 1 aromatic carbocycles. The largest absolute Gasteiger partial charge is 0.371 e. The molecule has 0 aromatic heterocycles. The van der Waals surface area contributed by atoms with Crippen molar-refractivity contribution in [2.45, 2.75) is 31.5 Å². The van der Waals surface area contributed by atoms with E-state index in [1.807, 2.05) is 0 Å². The van der Waals surface area contributed by atoms with E-state index >= 15 is 0 Å². The molecule has 1 nitrogen and oxygen atoms in total. The lowest BCUT2D eigenvalue weighted by Gasteiger charge is -2.34. The second-order valence-corrected chi connectivity index (χ2v) is 6.22. The van der Waals surface area contributed by atoms with Crippen molar-refractivity contribution in [3.05, 3.63) is 28.2 Å². The fourth-order valence-electron chi connectivity index (χ4n) is 2.33. The molecule has 0 heterocycles. The fraction of sp³-hybridized carbons (Fsp3) is 0.571. The highest BCUT2D eigenvalue weighted by atomic mass is 79.9. The fourth-order valence-corrected chi connectivity index (χ4v) is 3.15. The van der Waals surface area contributed by atoms with Crippen LogP contribution in [-0.2, 0) is 5.33 Å². The molecule has 0 amide bonds. The molecule has 0 spiro atoms. The first-order chi connectivity index (χ1) is 8.24. The predicted molar refractivity (Wildman–Crippen MR) is 82.0 cm³/mol. The lowest BCUT2D eigenvalue weighted by molar-refractivity contribution is 0.318. The van der Waals surface area contributed by atoms with Crippen molar-refractivity contribution < 1.29 is 0 Å². The molecule has 0 atom stereocenters. The van der Waals surface area contributed by atoms with Crippen LogP contribution in [-0.4, -0.2) is 13.1 Å². The van der Waals surface area contributed by atoms with Gasteiger partial charge in [-0.05, 0) is 43.4 Å². The van der Waals surface area contributed by atoms with Gasteiger partial charge in [0.15, 0.2) is 0 Å². The van der Waals surface area contributed by atoms with Crippen LogP contribution < -0.4 is 4.90 Å². The second-order valence-electron chi connectivity index (χ2n) is 4.74. The van der Waals surface area contributed by atoms with Crippen molar-refractivity contribution in [2.24, 2.45) is 5.92 Å². The molecule has 2 rings (SSSR count). The second kappa shape index (κ2) is 6.24. The van der Waals surface area contributed by atoms with Crippen LogP contribution in [0.5, 0.6) is 0 Å². The van der Waals surface area contributed by atoms with Gasteiger partial charge in [0.05, 0.1) is 0 Å². The summed E-state index contributed by atoms with van der Waals surface area (Å²) >= 11 is 7.16. The van der Waals surface area contributed by atoms with Gasteiger partial charge in [0.25, 0.3) is 0 Å². The third kappa shape index (κ3) is 3.25. The number of benzene rings is 1. The van der Waals surface area contributed by atoms with Gasteiger partial charge >= 0.3 is 0 Å². The Hall–Kier alpha value is -0.0200. The van der Waals surface area contributed by atoms with Crippen molar-refractivity contribution in [3.63, 3.8) is 0 Å². The average molecular weight is 361 g/mol. The summed E-state index contributed by atoms with van der Waals surface area (Å²) < 4.78 is 1.17.